The van der Waals surface area contributed by atoms with Gasteiger partial charge in [-0.15, -0.1) is 11.3 Å². The van der Waals surface area contributed by atoms with Crippen LogP contribution in [0.3, 0.4) is 0 Å². The smallest absolute Gasteiger partial charge is 0.186 e. The summed E-state index contributed by atoms with van der Waals surface area (Å²) in [6.45, 7) is 0.881. The van der Waals surface area contributed by atoms with E-state index in [4.69, 9.17) is 16.7 Å². The summed E-state index contributed by atoms with van der Waals surface area (Å²) >= 11 is 1.65. The van der Waals surface area contributed by atoms with E-state index in [-0.39, 0.29) is 12.4 Å². The van der Waals surface area contributed by atoms with E-state index in [1.54, 1.807) is 40.8 Å². The molecule has 0 radical (unpaired) electrons. The number of rotatable bonds is 6. The quantitative estimate of drug-likeness (QED) is 0.337. The zero-order valence-electron chi connectivity index (χ0n) is 14.4. The molecule has 0 bridgehead atoms. The molecule has 0 atom stereocenters. The minimum Gasteiger partial charge on any atom is -0.394 e. The van der Waals surface area contributed by atoms with Crippen molar-refractivity contribution in [3.63, 3.8) is 0 Å². The molecular formula is C17H18N8OS. The van der Waals surface area contributed by atoms with Crippen molar-refractivity contribution in [1.29, 1.82) is 0 Å². The molecule has 0 saturated carbocycles. The number of aromatic nitrogens is 5. The fraction of sp³-hybridized carbons (Fsp3) is 0.176. The van der Waals surface area contributed by atoms with Gasteiger partial charge in [-0.25, -0.2) is 15.8 Å². The number of aliphatic hydroxyl groups excluding tert-OH is 1. The van der Waals surface area contributed by atoms with Crippen molar-refractivity contribution in [1.82, 2.24) is 24.7 Å². The maximum absolute atomic E-state index is 9.01. The van der Waals surface area contributed by atoms with Gasteiger partial charge in [0, 0.05) is 39.1 Å². The molecule has 0 unspecified atom stereocenters. The van der Waals surface area contributed by atoms with Gasteiger partial charge in [0.15, 0.2) is 11.6 Å². The maximum Gasteiger partial charge on any atom is 0.186 e. The first-order valence-electron chi connectivity index (χ1n) is 8.25. The molecule has 4 aromatic heterocycles. The molecule has 0 aliphatic rings. The zero-order valence-corrected chi connectivity index (χ0v) is 15.2. The number of hydrogen-bond donors (Lipinski definition) is 3. The molecule has 0 fully saturated rings. The molecule has 138 valence electrons. The Morgan fingerprint density at radius 3 is 2.96 bits per heavy atom. The molecule has 27 heavy (non-hydrogen) atoms. The summed E-state index contributed by atoms with van der Waals surface area (Å²) in [6, 6.07) is 4.03. The van der Waals surface area contributed by atoms with E-state index in [2.05, 4.69) is 26.1 Å². The number of pyridine rings is 1. The number of fused-ring (bicyclic) bond motifs is 1. The van der Waals surface area contributed by atoms with Crippen LogP contribution in [0, 0.1) is 0 Å². The van der Waals surface area contributed by atoms with Gasteiger partial charge in [-0.1, -0.05) is 0 Å². The van der Waals surface area contributed by atoms with Gasteiger partial charge < -0.3 is 10.8 Å². The first kappa shape index (κ1) is 17.3. The number of hydrazine groups is 1. The number of thiophene rings is 1. The van der Waals surface area contributed by atoms with Crippen LogP contribution >= 0.6 is 11.3 Å². The Hall–Kier alpha value is -3.08. The van der Waals surface area contributed by atoms with Crippen LogP contribution in [-0.4, -0.2) is 36.4 Å². The largest absolute Gasteiger partial charge is 0.394 e. The van der Waals surface area contributed by atoms with E-state index in [0.29, 0.717) is 24.6 Å². The third kappa shape index (κ3) is 3.58. The molecule has 0 aromatic carbocycles. The van der Waals surface area contributed by atoms with E-state index in [1.807, 2.05) is 12.3 Å². The summed E-state index contributed by atoms with van der Waals surface area (Å²) in [4.78, 5) is 14.0. The molecule has 5 N–H and O–H groups in total. The summed E-state index contributed by atoms with van der Waals surface area (Å²) in [7, 11) is 0. The normalized spacial score (nSPS) is 11.2. The van der Waals surface area contributed by atoms with Crippen molar-refractivity contribution in [2.24, 2.45) is 5.84 Å². The van der Waals surface area contributed by atoms with Gasteiger partial charge in [0.25, 0.3) is 0 Å². The molecule has 0 aliphatic carbocycles. The minimum absolute atomic E-state index is 0.0149. The predicted molar refractivity (Wildman–Crippen MR) is 105 cm³/mol. The highest BCUT2D eigenvalue weighted by Crippen LogP contribution is 2.28. The average Bonchev–Trinajstić information content (AvgIpc) is 3.28. The second kappa shape index (κ2) is 7.27. The van der Waals surface area contributed by atoms with Crippen LogP contribution in [0.2, 0.25) is 0 Å². The lowest BCUT2D eigenvalue weighted by Crippen LogP contribution is -2.31. The molecule has 4 rings (SSSR count). The summed E-state index contributed by atoms with van der Waals surface area (Å²) in [5.74, 6) is 6.89. The van der Waals surface area contributed by atoms with E-state index < -0.39 is 0 Å². The fourth-order valence-electron chi connectivity index (χ4n) is 2.72. The molecular weight excluding hydrogens is 364 g/mol. The van der Waals surface area contributed by atoms with Crippen LogP contribution in [0.4, 0.5) is 11.6 Å². The number of nitrogen functional groups attached to an aromatic ring is 1. The van der Waals surface area contributed by atoms with Gasteiger partial charge in [0.2, 0.25) is 0 Å². The molecule has 4 heterocycles. The monoisotopic (exact) mass is 382 g/mol. The van der Waals surface area contributed by atoms with Crippen molar-refractivity contribution in [2.45, 2.75) is 13.1 Å². The van der Waals surface area contributed by atoms with Gasteiger partial charge >= 0.3 is 0 Å². The molecule has 0 amide bonds. The van der Waals surface area contributed by atoms with Crippen LogP contribution in [0.1, 0.15) is 4.88 Å². The van der Waals surface area contributed by atoms with Crippen LogP contribution in [0.5, 0.6) is 0 Å². The minimum atomic E-state index is 0.0149. The molecule has 4 aromatic rings. The van der Waals surface area contributed by atoms with Crippen molar-refractivity contribution in [3.8, 4) is 11.3 Å². The number of nitrogens with two attached hydrogens (primary N) is 2. The Morgan fingerprint density at radius 2 is 2.15 bits per heavy atom. The Kier molecular flexibility index (Phi) is 4.67. The predicted octanol–water partition coefficient (Wildman–Crippen LogP) is 1.40. The Morgan fingerprint density at radius 1 is 1.26 bits per heavy atom. The Balaban J connectivity index is 1.59. The number of anilines is 2. The molecule has 0 spiro atoms. The highest BCUT2D eigenvalue weighted by Gasteiger charge is 2.14. The lowest BCUT2D eigenvalue weighted by atomic mass is 10.2. The summed E-state index contributed by atoms with van der Waals surface area (Å²) in [5, 5.41) is 15.8. The van der Waals surface area contributed by atoms with E-state index >= 15 is 0 Å². The third-order valence-electron chi connectivity index (χ3n) is 4.01. The molecule has 10 heteroatoms. The highest BCUT2D eigenvalue weighted by atomic mass is 32.1. The second-order valence-corrected chi connectivity index (χ2v) is 7.10. The first-order valence-corrected chi connectivity index (χ1v) is 9.06. The maximum atomic E-state index is 9.01. The summed E-state index contributed by atoms with van der Waals surface area (Å²) in [5.41, 5.74) is 7.38. The standard InChI is InChI=1S/C17H18N8OS/c18-16-17(23-14(8-21-16)12-7-22-24(9-12)3-4-26)25(19)10-13-5-11-6-20-2-1-15(11)27-13/h1-2,5-9,26H,3-4,10,19H2,(H2,18,21). The van der Waals surface area contributed by atoms with Crippen molar-refractivity contribution >= 4 is 33.1 Å². The van der Waals surface area contributed by atoms with Crippen LogP contribution in [0.15, 0.2) is 43.1 Å². The molecule has 9 nitrogen and oxygen atoms in total. The number of hydrogen-bond acceptors (Lipinski definition) is 9. The zero-order chi connectivity index (χ0) is 18.8. The Labute approximate surface area is 158 Å². The van der Waals surface area contributed by atoms with Crippen LogP contribution < -0.4 is 16.6 Å². The van der Waals surface area contributed by atoms with Gasteiger partial charge in [-0.2, -0.15) is 5.10 Å². The fourth-order valence-corrected chi connectivity index (χ4v) is 3.75. The van der Waals surface area contributed by atoms with Crippen molar-refractivity contribution in [2.75, 3.05) is 17.3 Å². The third-order valence-corrected chi connectivity index (χ3v) is 5.11. The Bertz CT molecular complexity index is 1040. The van der Waals surface area contributed by atoms with Crippen LogP contribution in [0.25, 0.3) is 21.3 Å². The SMILES string of the molecule is Nc1ncc(-c2cnn(CCO)c2)nc1N(N)Cc1cc2cnccc2s1. The lowest BCUT2D eigenvalue weighted by Gasteiger charge is -2.18. The van der Waals surface area contributed by atoms with Crippen LogP contribution in [-0.2, 0) is 13.1 Å². The van der Waals surface area contributed by atoms with E-state index in [9.17, 15) is 0 Å². The highest BCUT2D eigenvalue weighted by molar-refractivity contribution is 7.19. The summed E-state index contributed by atoms with van der Waals surface area (Å²) < 4.78 is 2.79. The molecule has 0 saturated heterocycles. The van der Waals surface area contributed by atoms with Gasteiger partial charge in [0.05, 0.1) is 37.8 Å². The lowest BCUT2D eigenvalue weighted by molar-refractivity contribution is 0.269. The average molecular weight is 382 g/mol. The van der Waals surface area contributed by atoms with Gasteiger partial charge in [-0.3, -0.25) is 14.7 Å². The van der Waals surface area contributed by atoms with Gasteiger partial charge in [0.1, 0.15) is 0 Å². The number of aliphatic hydroxyl groups is 1. The van der Waals surface area contributed by atoms with Gasteiger partial charge in [-0.05, 0) is 12.1 Å². The van der Waals surface area contributed by atoms with Crippen molar-refractivity contribution in [3.05, 3.63) is 48.0 Å². The van der Waals surface area contributed by atoms with E-state index in [0.717, 1.165) is 20.5 Å². The topological polar surface area (TPSA) is 132 Å². The number of nitrogens with zero attached hydrogens (tertiary/aromatic N) is 6. The second-order valence-electron chi connectivity index (χ2n) is 5.93. The molecule has 0 aliphatic heterocycles. The van der Waals surface area contributed by atoms with E-state index in [1.165, 1.54) is 5.01 Å². The summed E-state index contributed by atoms with van der Waals surface area (Å²) in [6.07, 6.45) is 8.64. The first-order chi connectivity index (χ1) is 13.1. The van der Waals surface area contributed by atoms with Crippen molar-refractivity contribution < 1.29 is 5.11 Å².